The van der Waals surface area contributed by atoms with E-state index >= 15 is 0 Å². The number of nitrogens with zero attached hydrogens (tertiary/aromatic N) is 1. The molecule has 55 valence electrons. The van der Waals surface area contributed by atoms with Crippen molar-refractivity contribution >= 4 is 23.2 Å². The Kier molecular flexibility index (Phi) is 2.64. The van der Waals surface area contributed by atoms with Gasteiger partial charge >= 0.3 is 0 Å². The van der Waals surface area contributed by atoms with Crippen LogP contribution in [-0.2, 0) is 5.88 Å². The lowest BCUT2D eigenvalue weighted by Gasteiger charge is -2.06. The lowest BCUT2D eigenvalue weighted by molar-refractivity contribution is 0.877. The van der Waals surface area contributed by atoms with Gasteiger partial charge in [-0.1, -0.05) is 11.6 Å². The second-order valence-electron chi connectivity index (χ2n) is 2.00. The first-order valence-corrected chi connectivity index (χ1v) is 3.88. The van der Waals surface area contributed by atoms with E-state index < -0.39 is 0 Å². The number of rotatable bonds is 2. The molecule has 1 rings (SSSR count). The van der Waals surface area contributed by atoms with Crippen LogP contribution < -0.4 is 0 Å². The molecule has 1 aromatic heterocycles. The summed E-state index contributed by atoms with van der Waals surface area (Å²) in [6, 6.07) is 3.86. The van der Waals surface area contributed by atoms with Gasteiger partial charge in [-0.25, -0.2) is 0 Å². The van der Waals surface area contributed by atoms with Crippen LogP contribution in [0.2, 0.25) is 0 Å². The Labute approximate surface area is 70.6 Å². The highest BCUT2D eigenvalue weighted by Gasteiger charge is 2.03. The molecule has 1 aromatic rings. The van der Waals surface area contributed by atoms with Crippen LogP contribution in [0.15, 0.2) is 18.3 Å². The Morgan fingerprint density at radius 3 is 2.80 bits per heavy atom. The van der Waals surface area contributed by atoms with Crippen molar-refractivity contribution in [1.82, 2.24) is 4.57 Å². The zero-order valence-corrected chi connectivity index (χ0v) is 7.15. The van der Waals surface area contributed by atoms with E-state index in [9.17, 15) is 0 Å². The summed E-state index contributed by atoms with van der Waals surface area (Å²) in [7, 11) is 0. The van der Waals surface area contributed by atoms with E-state index in [-0.39, 0.29) is 0 Å². The van der Waals surface area contributed by atoms with Crippen molar-refractivity contribution in [2.24, 2.45) is 0 Å². The Balaban J connectivity index is 2.90. The number of hydrogen-bond acceptors (Lipinski definition) is 0. The van der Waals surface area contributed by atoms with Gasteiger partial charge in [0.15, 0.2) is 5.50 Å². The van der Waals surface area contributed by atoms with Crippen molar-refractivity contribution in [3.8, 4) is 0 Å². The van der Waals surface area contributed by atoms with Gasteiger partial charge in [-0.3, -0.25) is 0 Å². The molecular formula is C7H8Cl2N. The van der Waals surface area contributed by atoms with Crippen LogP contribution in [0, 0.1) is 5.50 Å². The minimum atomic E-state index is 0.497. The Bertz CT molecular complexity index is 205. The van der Waals surface area contributed by atoms with E-state index in [0.717, 1.165) is 11.2 Å². The van der Waals surface area contributed by atoms with Gasteiger partial charge in [0.05, 0.1) is 5.88 Å². The molecule has 1 nitrogen and oxygen atoms in total. The van der Waals surface area contributed by atoms with Crippen LogP contribution >= 0.6 is 23.2 Å². The molecule has 0 saturated carbocycles. The van der Waals surface area contributed by atoms with Gasteiger partial charge in [0.25, 0.3) is 0 Å². The summed E-state index contributed by atoms with van der Waals surface area (Å²) < 4.78 is 1.86. The molecule has 0 atom stereocenters. The molecule has 3 heteroatoms. The third-order valence-electron chi connectivity index (χ3n) is 1.30. The molecule has 0 bridgehead atoms. The van der Waals surface area contributed by atoms with E-state index in [1.807, 2.05) is 29.8 Å². The molecule has 0 aliphatic heterocycles. The van der Waals surface area contributed by atoms with Crippen molar-refractivity contribution in [3.05, 3.63) is 29.5 Å². The van der Waals surface area contributed by atoms with Crippen LogP contribution in [0.25, 0.3) is 0 Å². The van der Waals surface area contributed by atoms with Gasteiger partial charge in [-0.05, 0) is 19.1 Å². The maximum Gasteiger partial charge on any atom is 0.153 e. The zero-order valence-electron chi connectivity index (χ0n) is 5.64. The molecule has 0 unspecified atom stereocenters. The zero-order chi connectivity index (χ0) is 7.56. The summed E-state index contributed by atoms with van der Waals surface area (Å²) >= 11 is 11.4. The van der Waals surface area contributed by atoms with Gasteiger partial charge in [-0.15, -0.1) is 11.6 Å². The summed E-state index contributed by atoms with van der Waals surface area (Å²) in [6.45, 7) is 1.83. The normalized spacial score (nSPS) is 10.8. The predicted octanol–water partition coefficient (Wildman–Crippen LogP) is 2.82. The van der Waals surface area contributed by atoms with E-state index in [2.05, 4.69) is 0 Å². The van der Waals surface area contributed by atoms with Crippen LogP contribution in [-0.4, -0.2) is 4.57 Å². The summed E-state index contributed by atoms with van der Waals surface area (Å²) in [6.07, 6.45) is 1.89. The number of alkyl halides is 1. The van der Waals surface area contributed by atoms with Gasteiger partial charge in [0.1, 0.15) is 0 Å². The molecule has 1 heterocycles. The van der Waals surface area contributed by atoms with Gasteiger partial charge < -0.3 is 4.57 Å². The SMILES string of the molecule is C[C](Cl)n1cccc1CCl. The molecule has 0 aromatic carbocycles. The molecule has 0 fully saturated rings. The fourth-order valence-electron chi connectivity index (χ4n) is 0.826. The van der Waals surface area contributed by atoms with Gasteiger partial charge in [-0.2, -0.15) is 0 Å². The monoisotopic (exact) mass is 176 g/mol. The van der Waals surface area contributed by atoms with Gasteiger partial charge in [0, 0.05) is 11.9 Å². The lowest BCUT2D eigenvalue weighted by atomic mass is 10.5. The average molecular weight is 177 g/mol. The first kappa shape index (κ1) is 7.96. The van der Waals surface area contributed by atoms with E-state index in [4.69, 9.17) is 23.2 Å². The van der Waals surface area contributed by atoms with Crippen LogP contribution in [0.4, 0.5) is 0 Å². The first-order valence-electron chi connectivity index (χ1n) is 2.97. The summed E-state index contributed by atoms with van der Waals surface area (Å²) in [4.78, 5) is 0. The Morgan fingerprint density at radius 2 is 2.40 bits per heavy atom. The van der Waals surface area contributed by atoms with Crippen molar-refractivity contribution in [2.75, 3.05) is 0 Å². The fourth-order valence-corrected chi connectivity index (χ4v) is 1.21. The highest BCUT2D eigenvalue weighted by atomic mass is 35.5. The maximum absolute atomic E-state index is 5.75. The van der Waals surface area contributed by atoms with Crippen molar-refractivity contribution < 1.29 is 0 Å². The highest BCUT2D eigenvalue weighted by Crippen LogP contribution is 2.15. The second-order valence-corrected chi connectivity index (χ2v) is 2.81. The Hall–Kier alpha value is -0.140. The molecule has 0 aliphatic carbocycles. The first-order chi connectivity index (χ1) is 4.75. The number of halogens is 2. The topological polar surface area (TPSA) is 4.93 Å². The highest BCUT2D eigenvalue weighted by molar-refractivity contribution is 6.26. The van der Waals surface area contributed by atoms with Crippen molar-refractivity contribution in [3.63, 3.8) is 0 Å². The molecule has 0 spiro atoms. The summed E-state index contributed by atoms with van der Waals surface area (Å²) in [5.41, 5.74) is 1.75. The molecular weight excluding hydrogens is 169 g/mol. The lowest BCUT2D eigenvalue weighted by Crippen LogP contribution is -2.00. The quantitative estimate of drug-likeness (QED) is 0.612. The van der Waals surface area contributed by atoms with Crippen molar-refractivity contribution in [2.45, 2.75) is 12.8 Å². The van der Waals surface area contributed by atoms with E-state index in [0.29, 0.717) is 5.88 Å². The summed E-state index contributed by atoms with van der Waals surface area (Å²) in [5, 5.41) is 0. The fraction of sp³-hybridized carbons (Fsp3) is 0.286. The third kappa shape index (κ3) is 1.47. The smallest absolute Gasteiger partial charge is 0.153 e. The van der Waals surface area contributed by atoms with Crippen LogP contribution in [0.5, 0.6) is 0 Å². The molecule has 0 amide bonds. The van der Waals surface area contributed by atoms with Crippen LogP contribution in [0.1, 0.15) is 12.6 Å². The predicted molar refractivity (Wildman–Crippen MR) is 44.2 cm³/mol. The molecule has 0 N–H and O–H groups in total. The van der Waals surface area contributed by atoms with E-state index in [1.54, 1.807) is 0 Å². The number of aromatic nitrogens is 1. The second kappa shape index (κ2) is 3.31. The molecule has 0 aliphatic rings. The third-order valence-corrected chi connectivity index (χ3v) is 1.76. The minimum Gasteiger partial charge on any atom is -0.328 e. The average Bonchev–Trinajstić information content (AvgIpc) is 2.33. The summed E-state index contributed by atoms with van der Waals surface area (Å²) in [5.74, 6) is 0.497. The minimum absolute atomic E-state index is 0.497. The van der Waals surface area contributed by atoms with Crippen molar-refractivity contribution in [1.29, 1.82) is 0 Å². The van der Waals surface area contributed by atoms with Gasteiger partial charge in [0.2, 0.25) is 0 Å². The van der Waals surface area contributed by atoms with Crippen LogP contribution in [0.3, 0.4) is 0 Å². The standard InChI is InChI=1S/C7H8Cl2N/c1-6(9)10-4-2-3-7(10)5-8/h2-4H,5H2,1H3. The van der Waals surface area contributed by atoms with E-state index in [1.165, 1.54) is 0 Å². The largest absolute Gasteiger partial charge is 0.328 e. The molecule has 10 heavy (non-hydrogen) atoms. The Morgan fingerprint density at radius 1 is 1.70 bits per heavy atom. The molecule has 1 radical (unpaired) electrons. The maximum atomic E-state index is 5.75. The molecule has 0 saturated heterocycles. The number of hydrogen-bond donors (Lipinski definition) is 0.